The number of carbonyl (C=O) groups is 2. The summed E-state index contributed by atoms with van der Waals surface area (Å²) < 4.78 is 9.75. The van der Waals surface area contributed by atoms with Crippen LogP contribution in [0.1, 0.15) is 40.7 Å². The molecule has 0 radical (unpaired) electrons. The van der Waals surface area contributed by atoms with Gasteiger partial charge in [-0.15, -0.1) is 11.3 Å². The minimum atomic E-state index is -0.412. The van der Waals surface area contributed by atoms with Crippen molar-refractivity contribution in [3.63, 3.8) is 0 Å². The average molecular weight is 309 g/mol. The van der Waals surface area contributed by atoms with Crippen LogP contribution in [0.4, 0.5) is 5.69 Å². The highest BCUT2D eigenvalue weighted by molar-refractivity contribution is 7.15. The highest BCUT2D eigenvalue weighted by Crippen LogP contribution is 2.37. The fraction of sp³-hybridized carbons (Fsp3) is 0.467. The van der Waals surface area contributed by atoms with Crippen LogP contribution in [0.25, 0.3) is 5.57 Å². The van der Waals surface area contributed by atoms with Crippen LogP contribution in [0.15, 0.2) is 12.1 Å². The first-order valence-corrected chi connectivity index (χ1v) is 7.72. The second-order valence-corrected chi connectivity index (χ2v) is 5.89. The fourth-order valence-corrected chi connectivity index (χ4v) is 3.41. The van der Waals surface area contributed by atoms with E-state index >= 15 is 0 Å². The van der Waals surface area contributed by atoms with Crippen molar-refractivity contribution >= 4 is 34.5 Å². The molecule has 1 aromatic heterocycles. The molecule has 1 aliphatic carbocycles. The van der Waals surface area contributed by atoms with Crippen LogP contribution >= 0.6 is 11.3 Å². The van der Waals surface area contributed by atoms with E-state index in [0.717, 1.165) is 23.3 Å². The van der Waals surface area contributed by atoms with Crippen molar-refractivity contribution in [3.8, 4) is 0 Å². The first kappa shape index (κ1) is 15.6. The van der Waals surface area contributed by atoms with Gasteiger partial charge in [-0.2, -0.15) is 0 Å². The molecular formula is C15H19NO4S. The summed E-state index contributed by atoms with van der Waals surface area (Å²) in [5.74, 6) is -0.607. The van der Waals surface area contributed by atoms with Gasteiger partial charge >= 0.3 is 11.9 Å². The van der Waals surface area contributed by atoms with Gasteiger partial charge in [-0.05, 0) is 37.8 Å². The van der Waals surface area contributed by atoms with Crippen LogP contribution in [0.2, 0.25) is 0 Å². The third-order valence-corrected chi connectivity index (χ3v) is 4.69. The van der Waals surface area contributed by atoms with Crippen molar-refractivity contribution in [2.45, 2.75) is 26.2 Å². The summed E-state index contributed by atoms with van der Waals surface area (Å²) in [6.45, 7) is 2.22. The van der Waals surface area contributed by atoms with Gasteiger partial charge in [0.25, 0.3) is 0 Å². The molecular weight excluding hydrogens is 290 g/mol. The largest absolute Gasteiger partial charge is 0.466 e. The number of rotatable bonds is 4. The van der Waals surface area contributed by atoms with E-state index in [-0.39, 0.29) is 11.9 Å². The number of carbonyl (C=O) groups excluding carboxylic acids is 2. The minimum Gasteiger partial charge on any atom is -0.466 e. The van der Waals surface area contributed by atoms with Gasteiger partial charge in [0.05, 0.1) is 25.3 Å². The minimum absolute atomic E-state index is 0.0638. The predicted octanol–water partition coefficient (Wildman–Crippen LogP) is 2.86. The van der Waals surface area contributed by atoms with Crippen molar-refractivity contribution in [3.05, 3.63) is 21.9 Å². The van der Waals surface area contributed by atoms with Crippen LogP contribution in [0.5, 0.6) is 0 Å². The molecule has 114 valence electrons. The predicted molar refractivity (Wildman–Crippen MR) is 82.0 cm³/mol. The lowest BCUT2D eigenvalue weighted by Crippen LogP contribution is -2.19. The van der Waals surface area contributed by atoms with E-state index in [4.69, 9.17) is 15.2 Å². The molecule has 0 bridgehead atoms. The van der Waals surface area contributed by atoms with E-state index in [1.54, 1.807) is 6.07 Å². The van der Waals surface area contributed by atoms with E-state index in [2.05, 4.69) is 0 Å². The Bertz CT molecular complexity index is 576. The smallest absolute Gasteiger partial charge is 0.350 e. The number of nitrogens with two attached hydrogens (primary N) is 1. The van der Waals surface area contributed by atoms with E-state index in [9.17, 15) is 9.59 Å². The fourth-order valence-electron chi connectivity index (χ4n) is 2.35. The number of thiophene rings is 1. The highest BCUT2D eigenvalue weighted by atomic mass is 32.1. The third kappa shape index (κ3) is 3.44. The Morgan fingerprint density at radius 3 is 2.81 bits per heavy atom. The number of hydrogen-bond donors (Lipinski definition) is 1. The lowest BCUT2D eigenvalue weighted by molar-refractivity contribution is -0.148. The quantitative estimate of drug-likeness (QED) is 0.865. The normalized spacial score (nSPS) is 18.0. The summed E-state index contributed by atoms with van der Waals surface area (Å²) >= 11 is 1.33. The molecule has 1 aromatic rings. The summed E-state index contributed by atoms with van der Waals surface area (Å²) in [4.78, 5) is 24.7. The van der Waals surface area contributed by atoms with Gasteiger partial charge in [-0.3, -0.25) is 4.79 Å². The molecule has 2 rings (SSSR count). The zero-order valence-electron chi connectivity index (χ0n) is 12.2. The maximum absolute atomic E-state index is 11.7. The van der Waals surface area contributed by atoms with Crippen molar-refractivity contribution in [2.24, 2.45) is 5.92 Å². The van der Waals surface area contributed by atoms with Crippen LogP contribution < -0.4 is 5.73 Å². The first-order chi connectivity index (χ1) is 10.1. The van der Waals surface area contributed by atoms with Crippen molar-refractivity contribution < 1.29 is 19.1 Å². The summed E-state index contributed by atoms with van der Waals surface area (Å²) in [5.41, 5.74) is 7.42. The molecule has 1 atom stereocenters. The summed E-state index contributed by atoms with van der Waals surface area (Å²) in [7, 11) is 1.34. The molecule has 1 aliphatic rings. The summed E-state index contributed by atoms with van der Waals surface area (Å²) in [6, 6.07) is 1.80. The number of nitrogen functional groups attached to an aromatic ring is 1. The summed E-state index contributed by atoms with van der Waals surface area (Å²) in [6.07, 6.45) is 4.25. The molecule has 6 heteroatoms. The molecule has 2 N–H and O–H groups in total. The van der Waals surface area contributed by atoms with E-state index in [1.165, 1.54) is 18.4 Å². The number of anilines is 1. The molecule has 5 nitrogen and oxygen atoms in total. The maximum atomic E-state index is 11.7. The Morgan fingerprint density at radius 2 is 2.24 bits per heavy atom. The lowest BCUT2D eigenvalue weighted by atomic mass is 9.89. The Morgan fingerprint density at radius 1 is 1.48 bits per heavy atom. The van der Waals surface area contributed by atoms with Gasteiger partial charge in [0.15, 0.2) is 0 Å². The monoisotopic (exact) mass is 309 g/mol. The lowest BCUT2D eigenvalue weighted by Gasteiger charge is -2.19. The van der Waals surface area contributed by atoms with E-state index < -0.39 is 5.97 Å². The second kappa shape index (κ2) is 6.76. The molecule has 1 unspecified atom stereocenters. The first-order valence-electron chi connectivity index (χ1n) is 6.90. The number of allylic oxidation sites excluding steroid dienone is 2. The Hall–Kier alpha value is -1.82. The number of esters is 2. The highest BCUT2D eigenvalue weighted by Gasteiger charge is 2.24. The standard InChI is InChI=1S/C15H19NO4S/c1-3-20-14(17)10-6-4-9(5-7-10)12-8-11(16)13(21-12)15(18)19-2/h4,8,10H,3,5-7,16H2,1-2H3. The van der Waals surface area contributed by atoms with Gasteiger partial charge in [0, 0.05) is 4.88 Å². The zero-order chi connectivity index (χ0) is 15.4. The number of methoxy groups -OCH3 is 1. The maximum Gasteiger partial charge on any atom is 0.350 e. The third-order valence-electron chi connectivity index (χ3n) is 3.48. The van der Waals surface area contributed by atoms with Crippen LogP contribution in [-0.4, -0.2) is 25.7 Å². The topological polar surface area (TPSA) is 78.6 Å². The van der Waals surface area contributed by atoms with Crippen molar-refractivity contribution in [1.29, 1.82) is 0 Å². The van der Waals surface area contributed by atoms with Crippen LogP contribution in [0.3, 0.4) is 0 Å². The van der Waals surface area contributed by atoms with Crippen molar-refractivity contribution in [2.75, 3.05) is 19.5 Å². The molecule has 0 fully saturated rings. The second-order valence-electron chi connectivity index (χ2n) is 4.84. The number of hydrogen-bond acceptors (Lipinski definition) is 6. The SMILES string of the molecule is CCOC(=O)C1CC=C(c2cc(N)c(C(=O)OC)s2)CC1. The molecule has 0 aromatic carbocycles. The molecule has 0 amide bonds. The van der Waals surface area contributed by atoms with Crippen LogP contribution in [0, 0.1) is 5.92 Å². The molecule has 0 spiro atoms. The number of ether oxygens (including phenoxy) is 2. The summed E-state index contributed by atoms with van der Waals surface area (Å²) in [5, 5.41) is 0. The van der Waals surface area contributed by atoms with Gasteiger partial charge in [0.1, 0.15) is 4.88 Å². The van der Waals surface area contributed by atoms with Gasteiger partial charge in [-0.1, -0.05) is 6.08 Å². The Labute approximate surface area is 127 Å². The zero-order valence-corrected chi connectivity index (χ0v) is 13.0. The van der Waals surface area contributed by atoms with E-state index in [0.29, 0.717) is 23.6 Å². The van der Waals surface area contributed by atoms with Crippen molar-refractivity contribution in [1.82, 2.24) is 0 Å². The Kier molecular flexibility index (Phi) is 5.01. The molecule has 0 aliphatic heterocycles. The van der Waals surface area contributed by atoms with Gasteiger partial charge in [0.2, 0.25) is 0 Å². The molecule has 0 saturated heterocycles. The molecule has 0 saturated carbocycles. The average Bonchev–Trinajstić information content (AvgIpc) is 2.89. The van der Waals surface area contributed by atoms with Gasteiger partial charge in [-0.25, -0.2) is 4.79 Å². The van der Waals surface area contributed by atoms with E-state index in [1.807, 2.05) is 13.0 Å². The molecule has 21 heavy (non-hydrogen) atoms. The van der Waals surface area contributed by atoms with Crippen LogP contribution in [-0.2, 0) is 14.3 Å². The Balaban J connectivity index is 2.11. The van der Waals surface area contributed by atoms with Gasteiger partial charge < -0.3 is 15.2 Å². The molecule has 1 heterocycles.